The molecule has 6 heteroatoms. The van der Waals surface area contributed by atoms with E-state index in [1.54, 1.807) is 11.5 Å². The van der Waals surface area contributed by atoms with Crippen molar-refractivity contribution < 1.29 is 13.9 Å². The van der Waals surface area contributed by atoms with Gasteiger partial charge < -0.3 is 9.67 Å². The topological polar surface area (TPSA) is 50.9 Å². The summed E-state index contributed by atoms with van der Waals surface area (Å²) in [5.74, 6) is -0.679. The average molecular weight is 281 g/mol. The third kappa shape index (κ3) is 2.43. The van der Waals surface area contributed by atoms with Crippen LogP contribution in [0.4, 0.5) is 8.78 Å². The molecule has 0 saturated carbocycles. The van der Waals surface area contributed by atoms with Crippen LogP contribution in [0.25, 0.3) is 11.4 Å². The highest BCUT2D eigenvalue weighted by atomic mass is 19.1. The van der Waals surface area contributed by atoms with Gasteiger partial charge in [0.25, 0.3) is 0 Å². The van der Waals surface area contributed by atoms with Crippen molar-refractivity contribution in [3.8, 4) is 11.4 Å². The SMILES string of the molecule is Cc1cc(-c2nnc(CO)n2C(C)(C)C)c(F)cc1F. The lowest BCUT2D eigenvalue weighted by atomic mass is 10.1. The largest absolute Gasteiger partial charge is 0.388 e. The molecule has 2 aromatic rings. The van der Waals surface area contributed by atoms with Gasteiger partial charge in [-0.1, -0.05) is 0 Å². The van der Waals surface area contributed by atoms with Gasteiger partial charge in [0.2, 0.25) is 0 Å². The predicted octanol–water partition coefficient (Wildman–Crippen LogP) is 2.78. The molecule has 0 aliphatic heterocycles. The summed E-state index contributed by atoms with van der Waals surface area (Å²) in [4.78, 5) is 0. The molecule has 108 valence electrons. The van der Waals surface area contributed by atoms with Crippen LogP contribution >= 0.6 is 0 Å². The Balaban J connectivity index is 2.71. The summed E-state index contributed by atoms with van der Waals surface area (Å²) in [6.45, 7) is 6.95. The highest BCUT2D eigenvalue weighted by Gasteiger charge is 2.25. The molecule has 0 amide bonds. The van der Waals surface area contributed by atoms with Gasteiger partial charge in [-0.2, -0.15) is 0 Å². The summed E-state index contributed by atoms with van der Waals surface area (Å²) in [6, 6.07) is 2.24. The second kappa shape index (κ2) is 4.94. The molecule has 0 unspecified atom stereocenters. The number of aryl methyl sites for hydroxylation is 1. The molecule has 1 heterocycles. The van der Waals surface area contributed by atoms with Crippen LogP contribution in [0.2, 0.25) is 0 Å². The van der Waals surface area contributed by atoms with Crippen molar-refractivity contribution in [2.24, 2.45) is 0 Å². The Labute approximate surface area is 116 Å². The summed E-state index contributed by atoms with van der Waals surface area (Å²) in [5.41, 5.74) is 0.0625. The number of aliphatic hydroxyl groups excluding tert-OH is 1. The van der Waals surface area contributed by atoms with Crippen LogP contribution in [0.3, 0.4) is 0 Å². The Bertz CT molecular complexity index is 645. The maximum atomic E-state index is 14.0. The number of rotatable bonds is 2. The maximum Gasteiger partial charge on any atom is 0.167 e. The number of halogens is 2. The summed E-state index contributed by atoms with van der Waals surface area (Å²) in [7, 11) is 0. The minimum absolute atomic E-state index is 0.172. The van der Waals surface area contributed by atoms with E-state index >= 15 is 0 Å². The van der Waals surface area contributed by atoms with Gasteiger partial charge in [0.05, 0.1) is 5.56 Å². The fourth-order valence-electron chi connectivity index (χ4n) is 2.13. The van der Waals surface area contributed by atoms with Gasteiger partial charge in [-0.25, -0.2) is 8.78 Å². The summed E-state index contributed by atoms with van der Waals surface area (Å²) < 4.78 is 29.0. The molecular weight excluding hydrogens is 264 g/mol. The van der Waals surface area contributed by atoms with Crippen LogP contribution in [0.15, 0.2) is 12.1 Å². The quantitative estimate of drug-likeness (QED) is 0.921. The zero-order valence-electron chi connectivity index (χ0n) is 11.9. The van der Waals surface area contributed by atoms with Crippen molar-refractivity contribution >= 4 is 0 Å². The number of aromatic nitrogens is 3. The number of benzene rings is 1. The van der Waals surface area contributed by atoms with Gasteiger partial charge in [-0.05, 0) is 39.3 Å². The van der Waals surface area contributed by atoms with Crippen molar-refractivity contribution in [2.45, 2.75) is 39.8 Å². The van der Waals surface area contributed by atoms with E-state index in [0.29, 0.717) is 11.4 Å². The molecule has 0 atom stereocenters. The van der Waals surface area contributed by atoms with E-state index in [1.807, 2.05) is 20.8 Å². The Morgan fingerprint density at radius 3 is 2.35 bits per heavy atom. The van der Waals surface area contributed by atoms with Crippen LogP contribution in [0.5, 0.6) is 0 Å². The zero-order valence-corrected chi connectivity index (χ0v) is 11.9. The average Bonchev–Trinajstić information content (AvgIpc) is 2.77. The van der Waals surface area contributed by atoms with Crippen molar-refractivity contribution in [3.05, 3.63) is 35.2 Å². The number of hydrogen-bond donors (Lipinski definition) is 1. The van der Waals surface area contributed by atoms with E-state index < -0.39 is 17.2 Å². The van der Waals surface area contributed by atoms with Crippen LogP contribution in [-0.4, -0.2) is 19.9 Å². The first-order valence-electron chi connectivity index (χ1n) is 6.27. The summed E-state index contributed by atoms with van der Waals surface area (Å²) in [6.07, 6.45) is 0. The van der Waals surface area contributed by atoms with E-state index in [1.165, 1.54) is 6.07 Å². The Morgan fingerprint density at radius 2 is 1.80 bits per heavy atom. The highest BCUT2D eigenvalue weighted by Crippen LogP contribution is 2.29. The van der Waals surface area contributed by atoms with Crippen LogP contribution in [0, 0.1) is 18.6 Å². The lowest BCUT2D eigenvalue weighted by Crippen LogP contribution is -2.25. The zero-order chi connectivity index (χ0) is 15.1. The smallest absolute Gasteiger partial charge is 0.167 e. The second-order valence-electron chi connectivity index (χ2n) is 5.69. The molecule has 4 nitrogen and oxygen atoms in total. The molecule has 1 aromatic heterocycles. The molecule has 0 bridgehead atoms. The van der Waals surface area contributed by atoms with E-state index in [4.69, 9.17) is 0 Å². The fourth-order valence-corrected chi connectivity index (χ4v) is 2.13. The van der Waals surface area contributed by atoms with Crippen molar-refractivity contribution in [1.29, 1.82) is 0 Å². The first kappa shape index (κ1) is 14.6. The van der Waals surface area contributed by atoms with Gasteiger partial charge in [-0.3, -0.25) is 0 Å². The first-order valence-corrected chi connectivity index (χ1v) is 6.27. The Kier molecular flexibility index (Phi) is 3.60. The molecule has 1 N–H and O–H groups in total. The van der Waals surface area contributed by atoms with Crippen molar-refractivity contribution in [3.63, 3.8) is 0 Å². The molecule has 0 radical (unpaired) electrons. The molecular formula is C14H17F2N3O. The third-order valence-electron chi connectivity index (χ3n) is 3.03. The molecule has 0 spiro atoms. The molecule has 0 aliphatic rings. The van der Waals surface area contributed by atoms with Crippen LogP contribution in [-0.2, 0) is 12.1 Å². The van der Waals surface area contributed by atoms with Gasteiger partial charge in [-0.15, -0.1) is 10.2 Å². The van der Waals surface area contributed by atoms with E-state index in [-0.39, 0.29) is 18.0 Å². The summed E-state index contributed by atoms with van der Waals surface area (Å²) >= 11 is 0. The molecule has 0 fully saturated rings. The minimum Gasteiger partial charge on any atom is -0.388 e. The lowest BCUT2D eigenvalue weighted by molar-refractivity contribution is 0.250. The fraction of sp³-hybridized carbons (Fsp3) is 0.429. The number of hydrogen-bond acceptors (Lipinski definition) is 3. The Hall–Kier alpha value is -1.82. The van der Waals surface area contributed by atoms with Crippen LogP contribution in [0.1, 0.15) is 32.2 Å². The highest BCUT2D eigenvalue weighted by molar-refractivity contribution is 5.58. The lowest BCUT2D eigenvalue weighted by Gasteiger charge is -2.24. The van der Waals surface area contributed by atoms with E-state index in [9.17, 15) is 13.9 Å². The van der Waals surface area contributed by atoms with Gasteiger partial charge in [0.15, 0.2) is 11.6 Å². The number of aliphatic hydroxyl groups is 1. The second-order valence-corrected chi connectivity index (χ2v) is 5.69. The van der Waals surface area contributed by atoms with E-state index in [0.717, 1.165) is 6.07 Å². The minimum atomic E-state index is -0.699. The van der Waals surface area contributed by atoms with Gasteiger partial charge in [0.1, 0.15) is 18.2 Å². The van der Waals surface area contributed by atoms with Crippen LogP contribution < -0.4 is 0 Å². The maximum absolute atomic E-state index is 14.0. The number of nitrogens with zero attached hydrogens (tertiary/aromatic N) is 3. The van der Waals surface area contributed by atoms with Gasteiger partial charge in [0, 0.05) is 11.6 Å². The molecule has 0 saturated heterocycles. The molecule has 1 aromatic carbocycles. The van der Waals surface area contributed by atoms with Crippen molar-refractivity contribution in [2.75, 3.05) is 0 Å². The third-order valence-corrected chi connectivity index (χ3v) is 3.03. The monoisotopic (exact) mass is 281 g/mol. The van der Waals surface area contributed by atoms with E-state index in [2.05, 4.69) is 10.2 Å². The first-order chi connectivity index (χ1) is 9.25. The van der Waals surface area contributed by atoms with Gasteiger partial charge >= 0.3 is 0 Å². The predicted molar refractivity (Wildman–Crippen MR) is 71.0 cm³/mol. The molecule has 20 heavy (non-hydrogen) atoms. The van der Waals surface area contributed by atoms with Crippen molar-refractivity contribution in [1.82, 2.24) is 14.8 Å². The molecule has 0 aliphatic carbocycles. The Morgan fingerprint density at radius 1 is 1.15 bits per heavy atom. The summed E-state index contributed by atoms with van der Waals surface area (Å²) in [5, 5.41) is 17.2. The molecule has 2 rings (SSSR count). The standard InChI is InChI=1S/C14H17F2N3O/c1-8-5-9(11(16)6-10(8)15)13-18-17-12(7-20)19(13)14(2,3)4/h5-6,20H,7H2,1-4H3. The normalized spacial score (nSPS) is 11.9.